The average Bonchev–Trinajstić information content (AvgIpc) is 1.99. The summed E-state index contributed by atoms with van der Waals surface area (Å²) in [6, 6.07) is 4.04. The molecule has 0 unspecified atom stereocenters. The van der Waals surface area contributed by atoms with Gasteiger partial charge in [0.05, 0.1) is 0 Å². The Hall–Kier alpha value is -0.290. The molecule has 0 heterocycles. The van der Waals surface area contributed by atoms with Crippen LogP contribution in [0.25, 0.3) is 0 Å². The molecule has 1 aromatic rings. The van der Waals surface area contributed by atoms with E-state index in [9.17, 15) is 0 Å². The summed E-state index contributed by atoms with van der Waals surface area (Å²) < 4.78 is 1.09. The van der Waals surface area contributed by atoms with Gasteiger partial charge in [-0.15, -0.1) is 0 Å². The van der Waals surface area contributed by atoms with Gasteiger partial charge in [-0.25, -0.2) is 0 Å². The number of aryl methyl sites for hydroxylation is 1. The van der Waals surface area contributed by atoms with Gasteiger partial charge >= 0.3 is 0 Å². The van der Waals surface area contributed by atoms with Gasteiger partial charge in [-0.1, -0.05) is 6.07 Å². The van der Waals surface area contributed by atoms with Gasteiger partial charge in [0.2, 0.25) is 0 Å². The van der Waals surface area contributed by atoms with Crippen molar-refractivity contribution in [3.8, 4) is 0 Å². The molecule has 0 aliphatic rings. The highest BCUT2D eigenvalue weighted by atomic mass is 127. The van der Waals surface area contributed by atoms with Crippen molar-refractivity contribution < 1.29 is 0 Å². The summed E-state index contributed by atoms with van der Waals surface area (Å²) >= 11 is 2.22. The maximum Gasteiger partial charge on any atom is 0.0479 e. The van der Waals surface area contributed by atoms with E-state index in [-0.39, 0.29) is 0 Å². The van der Waals surface area contributed by atoms with Crippen LogP contribution in [-0.2, 0) is 6.54 Å². The van der Waals surface area contributed by atoms with Crippen molar-refractivity contribution in [2.45, 2.75) is 13.5 Å². The van der Waals surface area contributed by atoms with Crippen LogP contribution in [0, 0.1) is 10.5 Å². The zero-order valence-electron chi connectivity index (χ0n) is 6.39. The largest absolute Gasteiger partial charge is 0.398 e. The van der Waals surface area contributed by atoms with Crippen LogP contribution in [0.1, 0.15) is 11.1 Å². The first-order valence-electron chi connectivity index (χ1n) is 3.39. The van der Waals surface area contributed by atoms with Gasteiger partial charge in [0.15, 0.2) is 0 Å². The van der Waals surface area contributed by atoms with Gasteiger partial charge in [-0.3, -0.25) is 0 Å². The zero-order valence-corrected chi connectivity index (χ0v) is 8.55. The van der Waals surface area contributed by atoms with E-state index in [1.807, 2.05) is 19.1 Å². The minimum Gasteiger partial charge on any atom is -0.398 e. The van der Waals surface area contributed by atoms with E-state index < -0.39 is 0 Å². The summed E-state index contributed by atoms with van der Waals surface area (Å²) in [5.74, 6) is 0. The van der Waals surface area contributed by atoms with Gasteiger partial charge in [0.1, 0.15) is 0 Å². The second-order valence-electron chi connectivity index (χ2n) is 2.51. The lowest BCUT2D eigenvalue weighted by Crippen LogP contribution is -2.00. The van der Waals surface area contributed by atoms with E-state index in [0.717, 1.165) is 20.4 Å². The highest BCUT2D eigenvalue weighted by Gasteiger charge is 2.00. The Kier molecular flexibility index (Phi) is 2.72. The first-order valence-corrected chi connectivity index (χ1v) is 4.47. The second-order valence-corrected chi connectivity index (χ2v) is 3.67. The lowest BCUT2D eigenvalue weighted by molar-refractivity contribution is 1.06. The third kappa shape index (κ3) is 1.84. The third-order valence-electron chi connectivity index (χ3n) is 1.63. The van der Waals surface area contributed by atoms with Gasteiger partial charge in [0, 0.05) is 15.8 Å². The smallest absolute Gasteiger partial charge is 0.0479 e. The highest BCUT2D eigenvalue weighted by molar-refractivity contribution is 14.1. The monoisotopic (exact) mass is 262 g/mol. The zero-order chi connectivity index (χ0) is 8.43. The van der Waals surface area contributed by atoms with Crippen LogP contribution in [0.4, 0.5) is 5.69 Å². The van der Waals surface area contributed by atoms with Crippen molar-refractivity contribution in [3.05, 3.63) is 26.8 Å². The molecule has 0 spiro atoms. The molecule has 0 aliphatic carbocycles. The molecule has 1 aromatic carbocycles. The molecule has 1 rings (SSSR count). The van der Waals surface area contributed by atoms with E-state index in [1.54, 1.807) is 0 Å². The molecule has 2 nitrogen and oxygen atoms in total. The minimum atomic E-state index is 0.580. The molecule has 0 aliphatic heterocycles. The number of hydrogen-bond donors (Lipinski definition) is 2. The van der Waals surface area contributed by atoms with Crippen LogP contribution >= 0.6 is 22.6 Å². The maximum absolute atomic E-state index is 5.76. The third-order valence-corrected chi connectivity index (χ3v) is 2.52. The van der Waals surface area contributed by atoms with Gasteiger partial charge in [0.25, 0.3) is 0 Å². The second kappa shape index (κ2) is 3.40. The lowest BCUT2D eigenvalue weighted by Gasteiger charge is -2.05. The Morgan fingerprint density at radius 1 is 1.45 bits per heavy atom. The van der Waals surface area contributed by atoms with Crippen molar-refractivity contribution in [1.82, 2.24) is 0 Å². The molecule has 0 amide bonds. The molecule has 0 fully saturated rings. The van der Waals surface area contributed by atoms with Crippen molar-refractivity contribution in [3.63, 3.8) is 0 Å². The van der Waals surface area contributed by atoms with Gasteiger partial charge in [-0.2, -0.15) is 0 Å². The van der Waals surface area contributed by atoms with Crippen molar-refractivity contribution >= 4 is 28.3 Å². The fourth-order valence-corrected chi connectivity index (χ4v) is 1.77. The molecule has 60 valence electrons. The number of nitrogens with two attached hydrogens (primary N) is 2. The molecule has 4 N–H and O–H groups in total. The molecule has 0 saturated carbocycles. The Morgan fingerprint density at radius 3 is 2.55 bits per heavy atom. The summed E-state index contributed by atoms with van der Waals surface area (Å²) in [6.07, 6.45) is 0. The fraction of sp³-hybridized carbons (Fsp3) is 0.250. The molecule has 0 saturated heterocycles. The molecule has 3 heteroatoms. The van der Waals surface area contributed by atoms with Gasteiger partial charge in [-0.05, 0) is 46.7 Å². The van der Waals surface area contributed by atoms with Crippen molar-refractivity contribution in [1.29, 1.82) is 0 Å². The SMILES string of the molecule is Cc1cc(CN)cc(I)c1N. The molecule has 0 atom stereocenters. The van der Waals surface area contributed by atoms with Crippen molar-refractivity contribution in [2.24, 2.45) is 5.73 Å². The molecular formula is C8H11IN2. The maximum atomic E-state index is 5.76. The minimum absolute atomic E-state index is 0.580. The van der Waals surface area contributed by atoms with Crippen LogP contribution in [0.3, 0.4) is 0 Å². The summed E-state index contributed by atoms with van der Waals surface area (Å²) in [6.45, 7) is 2.58. The summed E-state index contributed by atoms with van der Waals surface area (Å²) in [4.78, 5) is 0. The van der Waals surface area contributed by atoms with E-state index in [4.69, 9.17) is 11.5 Å². The summed E-state index contributed by atoms with van der Waals surface area (Å²) in [7, 11) is 0. The first-order chi connectivity index (χ1) is 5.15. The molecule has 0 radical (unpaired) electrons. The Bertz CT molecular complexity index is 248. The van der Waals surface area contributed by atoms with E-state index >= 15 is 0 Å². The average molecular weight is 262 g/mol. The van der Waals surface area contributed by atoms with E-state index in [2.05, 4.69) is 22.6 Å². The van der Waals surface area contributed by atoms with Gasteiger partial charge < -0.3 is 11.5 Å². The van der Waals surface area contributed by atoms with E-state index in [1.165, 1.54) is 0 Å². The Balaban J connectivity index is 3.21. The van der Waals surface area contributed by atoms with Crippen LogP contribution in [0.15, 0.2) is 12.1 Å². The normalized spacial score (nSPS) is 10.1. The van der Waals surface area contributed by atoms with Crippen molar-refractivity contribution in [2.75, 3.05) is 5.73 Å². The summed E-state index contributed by atoms with van der Waals surface area (Å²) in [5, 5.41) is 0. The number of hydrogen-bond acceptors (Lipinski definition) is 2. The molecule has 11 heavy (non-hydrogen) atoms. The Labute approximate surface area is 80.1 Å². The quantitative estimate of drug-likeness (QED) is 0.597. The summed E-state index contributed by atoms with van der Waals surface area (Å²) in [5.41, 5.74) is 14.4. The highest BCUT2D eigenvalue weighted by Crippen LogP contribution is 2.20. The van der Waals surface area contributed by atoms with Crippen LogP contribution in [0.2, 0.25) is 0 Å². The van der Waals surface area contributed by atoms with Crippen LogP contribution in [0.5, 0.6) is 0 Å². The molecule has 0 aromatic heterocycles. The van der Waals surface area contributed by atoms with Crippen LogP contribution in [-0.4, -0.2) is 0 Å². The molecular weight excluding hydrogens is 251 g/mol. The number of anilines is 1. The number of halogens is 1. The lowest BCUT2D eigenvalue weighted by atomic mass is 10.1. The fourth-order valence-electron chi connectivity index (χ4n) is 0.944. The predicted octanol–water partition coefficient (Wildman–Crippen LogP) is 1.64. The first kappa shape index (κ1) is 8.80. The standard InChI is InChI=1S/C8H11IN2/c1-5-2-6(4-10)3-7(9)8(5)11/h2-3H,4,10-11H2,1H3. The number of benzene rings is 1. The number of nitrogen functional groups attached to an aromatic ring is 1. The Morgan fingerprint density at radius 2 is 2.09 bits per heavy atom. The number of rotatable bonds is 1. The topological polar surface area (TPSA) is 52.0 Å². The van der Waals surface area contributed by atoms with Crippen LogP contribution < -0.4 is 11.5 Å². The predicted molar refractivity (Wildman–Crippen MR) is 56.2 cm³/mol. The van der Waals surface area contributed by atoms with E-state index in [0.29, 0.717) is 6.54 Å². The molecule has 0 bridgehead atoms.